The van der Waals surface area contributed by atoms with E-state index in [-0.39, 0.29) is 16.9 Å². The molecular formula is C13H10N2O6S2. The van der Waals surface area contributed by atoms with Gasteiger partial charge in [0.25, 0.3) is 20.2 Å². The van der Waals surface area contributed by atoms with Gasteiger partial charge in [-0.25, -0.2) is 4.98 Å². The molecule has 0 bridgehead atoms. The van der Waals surface area contributed by atoms with Gasteiger partial charge in [0, 0.05) is 5.56 Å². The van der Waals surface area contributed by atoms with Gasteiger partial charge in [-0.05, 0) is 12.1 Å². The Morgan fingerprint density at radius 2 is 1.57 bits per heavy atom. The van der Waals surface area contributed by atoms with Crippen LogP contribution < -0.4 is 0 Å². The summed E-state index contributed by atoms with van der Waals surface area (Å²) in [4.78, 5) is 5.50. The highest BCUT2D eigenvalue weighted by atomic mass is 32.2. The highest BCUT2D eigenvalue weighted by Crippen LogP contribution is 2.28. The van der Waals surface area contributed by atoms with Crippen molar-refractivity contribution in [3.05, 3.63) is 42.5 Å². The van der Waals surface area contributed by atoms with E-state index < -0.39 is 30.0 Å². The molecule has 1 heterocycles. The van der Waals surface area contributed by atoms with Crippen LogP contribution in [0.25, 0.3) is 22.4 Å². The van der Waals surface area contributed by atoms with Crippen molar-refractivity contribution in [2.75, 3.05) is 0 Å². The molecule has 0 unspecified atom stereocenters. The fraction of sp³-hybridized carbons (Fsp3) is 0. The van der Waals surface area contributed by atoms with Gasteiger partial charge in [-0.1, -0.05) is 30.3 Å². The molecule has 0 fully saturated rings. The van der Waals surface area contributed by atoms with Gasteiger partial charge < -0.3 is 4.98 Å². The molecule has 0 atom stereocenters. The lowest BCUT2D eigenvalue weighted by atomic mass is 10.2. The van der Waals surface area contributed by atoms with Crippen molar-refractivity contribution >= 4 is 31.3 Å². The molecule has 0 radical (unpaired) electrons. The van der Waals surface area contributed by atoms with E-state index in [1.54, 1.807) is 30.3 Å². The predicted molar refractivity (Wildman–Crippen MR) is 81.2 cm³/mol. The molecule has 0 saturated carbocycles. The number of nitrogens with one attached hydrogen (secondary N) is 1. The maximum absolute atomic E-state index is 11.5. The van der Waals surface area contributed by atoms with Gasteiger partial charge in [-0.3, -0.25) is 9.11 Å². The zero-order valence-corrected chi connectivity index (χ0v) is 13.0. The molecule has 0 spiro atoms. The largest absolute Gasteiger partial charge is 0.337 e. The Bertz CT molecular complexity index is 1100. The smallest absolute Gasteiger partial charge is 0.296 e. The van der Waals surface area contributed by atoms with E-state index in [1.165, 1.54) is 0 Å². The Morgan fingerprint density at radius 3 is 2.13 bits per heavy atom. The molecule has 0 saturated heterocycles. The molecule has 3 aromatic rings. The second kappa shape index (κ2) is 5.13. The summed E-state index contributed by atoms with van der Waals surface area (Å²) in [5, 5.41) is 0. The molecule has 3 N–H and O–H groups in total. The van der Waals surface area contributed by atoms with Crippen LogP contribution in [-0.2, 0) is 20.2 Å². The Balaban J connectivity index is 2.38. The fourth-order valence-electron chi connectivity index (χ4n) is 2.14. The first kappa shape index (κ1) is 15.6. The van der Waals surface area contributed by atoms with E-state index in [4.69, 9.17) is 4.55 Å². The van der Waals surface area contributed by atoms with Crippen molar-refractivity contribution in [1.82, 2.24) is 9.97 Å². The van der Waals surface area contributed by atoms with Gasteiger partial charge >= 0.3 is 0 Å². The number of nitrogens with zero attached hydrogens (tertiary/aromatic N) is 1. The van der Waals surface area contributed by atoms with Crippen LogP contribution in [0.15, 0.2) is 52.3 Å². The minimum atomic E-state index is -4.73. The first-order valence-electron chi connectivity index (χ1n) is 6.20. The van der Waals surface area contributed by atoms with E-state index in [2.05, 4.69) is 9.97 Å². The maximum atomic E-state index is 11.5. The first-order chi connectivity index (χ1) is 10.7. The molecule has 120 valence electrons. The Labute approximate surface area is 131 Å². The van der Waals surface area contributed by atoms with Gasteiger partial charge in [0.15, 0.2) is 0 Å². The molecule has 1 aromatic heterocycles. The minimum Gasteiger partial charge on any atom is -0.337 e. The fourth-order valence-corrected chi connectivity index (χ4v) is 3.43. The molecule has 0 aliphatic rings. The first-order valence-corrected chi connectivity index (χ1v) is 9.08. The molecule has 23 heavy (non-hydrogen) atoms. The minimum absolute atomic E-state index is 0.0217. The third kappa shape index (κ3) is 2.97. The molecule has 0 amide bonds. The van der Waals surface area contributed by atoms with Gasteiger partial charge in [0.05, 0.1) is 15.9 Å². The van der Waals surface area contributed by atoms with Crippen LogP contribution in [0.3, 0.4) is 0 Å². The summed E-state index contributed by atoms with van der Waals surface area (Å²) in [6.45, 7) is 0. The molecule has 8 nitrogen and oxygen atoms in total. The summed E-state index contributed by atoms with van der Waals surface area (Å²) in [6, 6.07) is 10.4. The lowest BCUT2D eigenvalue weighted by Gasteiger charge is -2.02. The molecule has 2 aromatic carbocycles. The van der Waals surface area contributed by atoms with Crippen molar-refractivity contribution in [1.29, 1.82) is 0 Å². The van der Waals surface area contributed by atoms with Gasteiger partial charge in [-0.15, -0.1) is 0 Å². The van der Waals surface area contributed by atoms with Crippen LogP contribution >= 0.6 is 0 Å². The van der Waals surface area contributed by atoms with E-state index in [1.807, 2.05) is 0 Å². The normalized spacial score (nSPS) is 12.6. The highest BCUT2D eigenvalue weighted by molar-refractivity contribution is 7.86. The summed E-state index contributed by atoms with van der Waals surface area (Å²) in [5.41, 5.74) is 0.559. The topological polar surface area (TPSA) is 137 Å². The summed E-state index contributed by atoms with van der Waals surface area (Å²) >= 11 is 0. The third-order valence-corrected chi connectivity index (χ3v) is 4.86. The number of aromatic nitrogens is 2. The number of H-pyrrole nitrogens is 1. The summed E-state index contributed by atoms with van der Waals surface area (Å²) in [6.07, 6.45) is 0. The molecule has 10 heteroatoms. The molecular weight excluding hydrogens is 344 g/mol. The average Bonchev–Trinajstić information content (AvgIpc) is 2.89. The number of rotatable bonds is 3. The van der Waals surface area contributed by atoms with Crippen LogP contribution in [0.5, 0.6) is 0 Å². The number of imidazole rings is 1. The zero-order chi connectivity index (χ0) is 16.8. The van der Waals surface area contributed by atoms with E-state index in [0.717, 1.165) is 6.07 Å². The Morgan fingerprint density at radius 1 is 0.913 bits per heavy atom. The number of benzene rings is 2. The second-order valence-corrected chi connectivity index (χ2v) is 7.53. The van der Waals surface area contributed by atoms with Crippen molar-refractivity contribution in [2.24, 2.45) is 0 Å². The number of aromatic amines is 1. The Kier molecular flexibility index (Phi) is 3.48. The predicted octanol–water partition coefficient (Wildman–Crippen LogP) is 1.72. The molecule has 0 aliphatic heterocycles. The average molecular weight is 354 g/mol. The van der Waals surface area contributed by atoms with E-state index >= 15 is 0 Å². The quantitative estimate of drug-likeness (QED) is 0.609. The number of fused-ring (bicyclic) bond motifs is 1. The highest BCUT2D eigenvalue weighted by Gasteiger charge is 2.22. The van der Waals surface area contributed by atoms with Crippen LogP contribution in [-0.4, -0.2) is 35.9 Å². The summed E-state index contributed by atoms with van der Waals surface area (Å²) in [5.74, 6) is 0.290. The van der Waals surface area contributed by atoms with Crippen LogP contribution in [0.2, 0.25) is 0 Å². The second-order valence-electron chi connectivity index (χ2n) is 4.72. The van der Waals surface area contributed by atoms with Crippen LogP contribution in [0.1, 0.15) is 0 Å². The third-order valence-electron chi connectivity index (χ3n) is 3.15. The maximum Gasteiger partial charge on any atom is 0.296 e. The molecule has 3 rings (SSSR count). The Hall–Kier alpha value is -2.27. The SMILES string of the molecule is O=S(=O)(O)c1cc(S(=O)(=O)O)c2[nH]c(-c3ccccc3)nc2c1. The van der Waals surface area contributed by atoms with Gasteiger partial charge in [-0.2, -0.15) is 16.8 Å². The zero-order valence-electron chi connectivity index (χ0n) is 11.3. The van der Waals surface area contributed by atoms with E-state index in [0.29, 0.717) is 11.6 Å². The van der Waals surface area contributed by atoms with Crippen molar-refractivity contribution < 1.29 is 25.9 Å². The number of hydrogen-bond acceptors (Lipinski definition) is 5. The van der Waals surface area contributed by atoms with Crippen LogP contribution in [0, 0.1) is 0 Å². The standard InChI is InChI=1S/C13H10N2O6S2/c16-22(17,18)9-6-10-12(11(7-9)23(19,20)21)15-13(14-10)8-4-2-1-3-5-8/h1-7H,(H,14,15)(H,16,17,18)(H,19,20,21). The van der Waals surface area contributed by atoms with Crippen molar-refractivity contribution in [3.63, 3.8) is 0 Å². The number of hydrogen-bond donors (Lipinski definition) is 3. The van der Waals surface area contributed by atoms with Gasteiger partial charge in [0.2, 0.25) is 0 Å². The lowest BCUT2D eigenvalue weighted by Crippen LogP contribution is -2.04. The molecule has 0 aliphatic carbocycles. The summed E-state index contributed by atoms with van der Waals surface area (Å²) < 4.78 is 64.0. The van der Waals surface area contributed by atoms with E-state index in [9.17, 15) is 21.4 Å². The van der Waals surface area contributed by atoms with Crippen molar-refractivity contribution in [2.45, 2.75) is 9.79 Å². The van der Waals surface area contributed by atoms with Crippen molar-refractivity contribution in [3.8, 4) is 11.4 Å². The van der Waals surface area contributed by atoms with Crippen LogP contribution in [0.4, 0.5) is 0 Å². The monoisotopic (exact) mass is 354 g/mol. The lowest BCUT2D eigenvalue weighted by molar-refractivity contribution is 0.482. The summed E-state index contributed by atoms with van der Waals surface area (Å²) in [7, 11) is -9.39. The van der Waals surface area contributed by atoms with Gasteiger partial charge in [0.1, 0.15) is 10.7 Å².